The summed E-state index contributed by atoms with van der Waals surface area (Å²) >= 11 is 0. The highest BCUT2D eigenvalue weighted by molar-refractivity contribution is 5.99. The number of aromatic nitrogens is 1. The number of ether oxygens (including phenoxy) is 1. The van der Waals surface area contributed by atoms with Gasteiger partial charge in [0.25, 0.3) is 0 Å². The molecule has 0 aliphatic heterocycles. The first kappa shape index (κ1) is 14.7. The average molecular weight is 284 g/mol. The number of rotatable bonds is 4. The highest BCUT2D eigenvalue weighted by Gasteiger charge is 2.15. The van der Waals surface area contributed by atoms with Crippen molar-refractivity contribution in [1.82, 2.24) is 4.98 Å². The number of carbonyl (C=O) groups excluding carboxylic acids is 2. The highest BCUT2D eigenvalue weighted by Crippen LogP contribution is 2.27. The summed E-state index contributed by atoms with van der Waals surface area (Å²) in [5.74, 6) is -0.557. The van der Waals surface area contributed by atoms with Gasteiger partial charge in [-0.3, -0.25) is 9.78 Å². The molecule has 0 unspecified atom stereocenters. The van der Waals surface area contributed by atoms with Gasteiger partial charge >= 0.3 is 5.97 Å². The molecule has 2 aromatic rings. The van der Waals surface area contributed by atoms with E-state index in [0.717, 1.165) is 5.56 Å². The maximum atomic E-state index is 12.0. The van der Waals surface area contributed by atoms with Crippen molar-refractivity contribution in [2.75, 3.05) is 11.9 Å². The van der Waals surface area contributed by atoms with Gasteiger partial charge in [0, 0.05) is 25.0 Å². The summed E-state index contributed by atoms with van der Waals surface area (Å²) in [4.78, 5) is 27.2. The van der Waals surface area contributed by atoms with Crippen molar-refractivity contribution >= 4 is 17.6 Å². The second-order valence-corrected chi connectivity index (χ2v) is 4.40. The van der Waals surface area contributed by atoms with Crippen molar-refractivity contribution in [3.05, 3.63) is 48.3 Å². The number of benzene rings is 1. The van der Waals surface area contributed by atoms with Gasteiger partial charge < -0.3 is 10.1 Å². The number of carbonyl (C=O) groups is 2. The molecule has 1 aromatic carbocycles. The number of amides is 1. The van der Waals surface area contributed by atoms with E-state index < -0.39 is 5.97 Å². The maximum Gasteiger partial charge on any atom is 0.338 e. The quantitative estimate of drug-likeness (QED) is 0.876. The Hall–Kier alpha value is -2.69. The summed E-state index contributed by atoms with van der Waals surface area (Å²) in [7, 11) is 0. The van der Waals surface area contributed by atoms with Crippen LogP contribution in [0.25, 0.3) is 11.1 Å². The molecule has 1 N–H and O–H groups in total. The fraction of sp³-hybridized carbons (Fsp3) is 0.188. The minimum absolute atomic E-state index is 0.167. The number of hydrogen-bond donors (Lipinski definition) is 1. The Labute approximate surface area is 123 Å². The lowest BCUT2D eigenvalue weighted by atomic mass is 10.00. The van der Waals surface area contributed by atoms with Crippen LogP contribution in [0.4, 0.5) is 5.69 Å². The second-order valence-electron chi connectivity index (χ2n) is 4.40. The predicted octanol–water partition coefficient (Wildman–Crippen LogP) is 2.88. The van der Waals surface area contributed by atoms with E-state index in [-0.39, 0.29) is 5.91 Å². The molecule has 1 amide bonds. The van der Waals surface area contributed by atoms with Crippen molar-refractivity contribution in [3.63, 3.8) is 0 Å². The third kappa shape index (κ3) is 3.66. The molecule has 0 spiro atoms. The van der Waals surface area contributed by atoms with Crippen LogP contribution in [-0.2, 0) is 9.53 Å². The molecule has 0 radical (unpaired) electrons. The van der Waals surface area contributed by atoms with Crippen LogP contribution in [0.3, 0.4) is 0 Å². The van der Waals surface area contributed by atoms with E-state index in [1.807, 2.05) is 0 Å². The molecule has 2 rings (SSSR count). The fourth-order valence-electron chi connectivity index (χ4n) is 1.98. The maximum absolute atomic E-state index is 12.0. The smallest absolute Gasteiger partial charge is 0.338 e. The van der Waals surface area contributed by atoms with E-state index in [0.29, 0.717) is 23.4 Å². The molecular weight excluding hydrogens is 268 g/mol. The summed E-state index contributed by atoms with van der Waals surface area (Å²) in [5.41, 5.74) is 2.61. The Bertz CT molecular complexity index is 654. The van der Waals surface area contributed by atoms with Gasteiger partial charge in [-0.1, -0.05) is 0 Å². The highest BCUT2D eigenvalue weighted by atomic mass is 16.5. The van der Waals surface area contributed by atoms with Crippen molar-refractivity contribution in [1.29, 1.82) is 0 Å². The van der Waals surface area contributed by atoms with Crippen molar-refractivity contribution in [2.45, 2.75) is 13.8 Å². The van der Waals surface area contributed by atoms with Gasteiger partial charge in [0.1, 0.15) is 0 Å². The normalized spacial score (nSPS) is 10.0. The Morgan fingerprint density at radius 2 is 1.90 bits per heavy atom. The molecule has 108 valence electrons. The van der Waals surface area contributed by atoms with Crippen molar-refractivity contribution in [3.8, 4) is 11.1 Å². The van der Waals surface area contributed by atoms with Crippen LogP contribution >= 0.6 is 0 Å². The Morgan fingerprint density at radius 1 is 1.19 bits per heavy atom. The lowest BCUT2D eigenvalue weighted by Crippen LogP contribution is -2.09. The molecule has 0 aliphatic carbocycles. The lowest BCUT2D eigenvalue weighted by molar-refractivity contribution is -0.114. The van der Waals surface area contributed by atoms with Crippen LogP contribution in [0, 0.1) is 0 Å². The number of anilines is 1. The van der Waals surface area contributed by atoms with E-state index >= 15 is 0 Å². The van der Waals surface area contributed by atoms with Crippen LogP contribution < -0.4 is 5.32 Å². The van der Waals surface area contributed by atoms with Crippen LogP contribution in [0.15, 0.2) is 42.7 Å². The predicted molar refractivity (Wildman–Crippen MR) is 79.9 cm³/mol. The molecule has 5 heteroatoms. The zero-order valence-corrected chi connectivity index (χ0v) is 11.9. The topological polar surface area (TPSA) is 68.3 Å². The van der Waals surface area contributed by atoms with Crippen molar-refractivity contribution < 1.29 is 14.3 Å². The van der Waals surface area contributed by atoms with Gasteiger partial charge in [-0.05, 0) is 48.4 Å². The number of pyridine rings is 1. The van der Waals surface area contributed by atoms with E-state index in [2.05, 4.69) is 10.3 Å². The summed E-state index contributed by atoms with van der Waals surface area (Å²) in [6.07, 6.45) is 3.30. The van der Waals surface area contributed by atoms with E-state index in [9.17, 15) is 9.59 Å². The van der Waals surface area contributed by atoms with E-state index in [1.54, 1.807) is 49.6 Å². The number of nitrogens with one attached hydrogen (secondary N) is 1. The summed E-state index contributed by atoms with van der Waals surface area (Å²) in [6.45, 7) is 3.50. The average Bonchev–Trinajstić information content (AvgIpc) is 2.47. The number of esters is 1. The number of hydrogen-bond acceptors (Lipinski definition) is 4. The SMILES string of the molecule is CCOC(=O)c1ccc(NC(C)=O)cc1-c1ccncc1. The molecule has 21 heavy (non-hydrogen) atoms. The monoisotopic (exact) mass is 284 g/mol. The number of nitrogens with zero attached hydrogens (tertiary/aromatic N) is 1. The van der Waals surface area contributed by atoms with E-state index in [4.69, 9.17) is 4.74 Å². The molecule has 0 atom stereocenters. The van der Waals surface area contributed by atoms with Gasteiger partial charge in [-0.25, -0.2) is 4.79 Å². The molecule has 0 bridgehead atoms. The van der Waals surface area contributed by atoms with Crippen LogP contribution in [0.5, 0.6) is 0 Å². The van der Waals surface area contributed by atoms with Gasteiger partial charge in [0.2, 0.25) is 5.91 Å². The fourth-order valence-corrected chi connectivity index (χ4v) is 1.98. The van der Waals surface area contributed by atoms with E-state index in [1.165, 1.54) is 6.92 Å². The first-order valence-corrected chi connectivity index (χ1v) is 6.61. The first-order valence-electron chi connectivity index (χ1n) is 6.61. The lowest BCUT2D eigenvalue weighted by Gasteiger charge is -2.11. The summed E-state index contributed by atoms with van der Waals surface area (Å²) in [6, 6.07) is 8.69. The third-order valence-corrected chi connectivity index (χ3v) is 2.83. The Kier molecular flexibility index (Phi) is 4.66. The molecule has 0 saturated heterocycles. The minimum atomic E-state index is -0.390. The minimum Gasteiger partial charge on any atom is -0.462 e. The van der Waals surface area contributed by atoms with Gasteiger partial charge in [0.15, 0.2) is 0 Å². The molecule has 0 saturated carbocycles. The van der Waals surface area contributed by atoms with Crippen LogP contribution in [-0.4, -0.2) is 23.5 Å². The summed E-state index contributed by atoms with van der Waals surface area (Å²) < 4.78 is 5.07. The zero-order chi connectivity index (χ0) is 15.2. The largest absolute Gasteiger partial charge is 0.462 e. The molecular formula is C16H16N2O3. The third-order valence-electron chi connectivity index (χ3n) is 2.83. The van der Waals surface area contributed by atoms with Gasteiger partial charge in [-0.15, -0.1) is 0 Å². The van der Waals surface area contributed by atoms with Gasteiger partial charge in [0.05, 0.1) is 12.2 Å². The first-order chi connectivity index (χ1) is 10.1. The summed E-state index contributed by atoms with van der Waals surface area (Å²) in [5, 5.41) is 2.71. The van der Waals surface area contributed by atoms with Crippen molar-refractivity contribution in [2.24, 2.45) is 0 Å². The molecule has 1 aromatic heterocycles. The standard InChI is InChI=1S/C16H16N2O3/c1-3-21-16(20)14-5-4-13(18-11(2)19)10-15(14)12-6-8-17-9-7-12/h4-10H,3H2,1-2H3,(H,18,19). The molecule has 5 nitrogen and oxygen atoms in total. The Morgan fingerprint density at radius 3 is 2.52 bits per heavy atom. The zero-order valence-electron chi connectivity index (χ0n) is 11.9. The molecule has 0 fully saturated rings. The Balaban J connectivity index is 2.50. The second kappa shape index (κ2) is 6.65. The molecule has 1 heterocycles. The van der Waals surface area contributed by atoms with Crippen LogP contribution in [0.2, 0.25) is 0 Å². The van der Waals surface area contributed by atoms with Gasteiger partial charge in [-0.2, -0.15) is 0 Å². The molecule has 0 aliphatic rings. The van der Waals surface area contributed by atoms with Crippen LogP contribution in [0.1, 0.15) is 24.2 Å².